The van der Waals surface area contributed by atoms with Gasteiger partial charge in [0.05, 0.1) is 19.3 Å². The van der Waals surface area contributed by atoms with Crippen LogP contribution in [-0.4, -0.2) is 24.4 Å². The van der Waals surface area contributed by atoms with Crippen molar-refractivity contribution in [1.29, 1.82) is 0 Å². The van der Waals surface area contributed by atoms with Crippen molar-refractivity contribution in [2.24, 2.45) is 40.4 Å². The summed E-state index contributed by atoms with van der Waals surface area (Å²) < 4.78 is 5.93. The summed E-state index contributed by atoms with van der Waals surface area (Å²) in [5.41, 5.74) is 2.73. The van der Waals surface area contributed by atoms with E-state index in [0.29, 0.717) is 23.5 Å². The van der Waals surface area contributed by atoms with Gasteiger partial charge in [0.25, 0.3) is 0 Å². The van der Waals surface area contributed by atoms with Crippen LogP contribution in [0.4, 0.5) is 0 Å². The molecule has 186 valence electrons. The van der Waals surface area contributed by atoms with Gasteiger partial charge in [0.15, 0.2) is 0 Å². The van der Waals surface area contributed by atoms with Crippen LogP contribution in [0.25, 0.3) is 0 Å². The molecule has 7 unspecified atom stereocenters. The Hall–Kier alpha value is -0.340. The first kappa shape index (κ1) is 26.3. The van der Waals surface area contributed by atoms with Crippen LogP contribution >= 0.6 is 0 Å². The van der Waals surface area contributed by atoms with Crippen molar-refractivity contribution in [3.63, 3.8) is 0 Å². The van der Waals surface area contributed by atoms with E-state index in [-0.39, 0.29) is 6.61 Å². The number of ether oxygens (including phenoxy) is 1. The molecule has 4 aliphatic carbocycles. The summed E-state index contributed by atoms with van der Waals surface area (Å²) in [4.78, 5) is 0. The predicted octanol–water partition coefficient (Wildman–Crippen LogP) is 8.19. The van der Waals surface area contributed by atoms with Crippen LogP contribution in [0.1, 0.15) is 119 Å². The van der Waals surface area contributed by atoms with Gasteiger partial charge in [0.2, 0.25) is 0 Å². The molecular weight excluding hydrogens is 392 g/mol. The summed E-state index contributed by atoms with van der Waals surface area (Å²) in [5, 5.41) is 9.12. The second-order valence-electron chi connectivity index (χ2n) is 12.2. The van der Waals surface area contributed by atoms with E-state index in [4.69, 9.17) is 9.84 Å². The number of hydrogen-bond acceptors (Lipinski definition) is 2. The van der Waals surface area contributed by atoms with E-state index in [1.165, 1.54) is 70.6 Å². The van der Waals surface area contributed by atoms with Crippen LogP contribution in [0.15, 0.2) is 11.6 Å². The lowest BCUT2D eigenvalue weighted by Crippen LogP contribution is -2.50. The largest absolute Gasteiger partial charge is 0.394 e. The van der Waals surface area contributed by atoms with E-state index < -0.39 is 0 Å². The Kier molecular flexibility index (Phi) is 9.35. The summed E-state index contributed by atoms with van der Waals surface area (Å²) in [6, 6.07) is 0. The van der Waals surface area contributed by atoms with Crippen LogP contribution in [0.5, 0.6) is 0 Å². The van der Waals surface area contributed by atoms with Gasteiger partial charge in [-0.15, -0.1) is 0 Å². The summed E-state index contributed by atoms with van der Waals surface area (Å²) in [7, 11) is 0. The minimum Gasteiger partial charge on any atom is -0.394 e. The van der Waals surface area contributed by atoms with Crippen molar-refractivity contribution in [3.8, 4) is 0 Å². The van der Waals surface area contributed by atoms with Crippen LogP contribution < -0.4 is 0 Å². The number of fused-ring (bicyclic) bond motifs is 5. The summed E-state index contributed by atoms with van der Waals surface area (Å²) >= 11 is 0. The molecule has 3 fully saturated rings. The third kappa shape index (κ3) is 5.17. The molecule has 32 heavy (non-hydrogen) atoms. The molecule has 1 N–H and O–H groups in total. The summed E-state index contributed by atoms with van der Waals surface area (Å²) in [6.07, 6.45) is 19.6. The Morgan fingerprint density at radius 3 is 2.53 bits per heavy atom. The molecule has 0 aromatic carbocycles. The molecule has 0 radical (unpaired) electrons. The Labute approximate surface area is 200 Å². The van der Waals surface area contributed by atoms with Gasteiger partial charge in [-0.1, -0.05) is 72.5 Å². The van der Waals surface area contributed by atoms with Crippen molar-refractivity contribution >= 4 is 0 Å². The van der Waals surface area contributed by atoms with Gasteiger partial charge in [-0.3, -0.25) is 0 Å². The molecule has 0 aromatic rings. The van der Waals surface area contributed by atoms with Crippen molar-refractivity contribution in [2.75, 3.05) is 13.2 Å². The van der Waals surface area contributed by atoms with Gasteiger partial charge in [-0.25, -0.2) is 0 Å². The van der Waals surface area contributed by atoms with E-state index in [1.54, 1.807) is 5.57 Å². The first-order valence-corrected chi connectivity index (χ1v) is 14.3. The highest BCUT2D eigenvalue weighted by Gasteiger charge is 2.58. The fraction of sp³-hybridized carbons (Fsp3) is 0.933. The molecule has 2 heteroatoms. The fourth-order valence-corrected chi connectivity index (χ4v) is 8.52. The summed E-state index contributed by atoms with van der Waals surface area (Å²) in [5.74, 6) is 4.63. The molecule has 7 atom stereocenters. The van der Waals surface area contributed by atoms with Gasteiger partial charge in [0, 0.05) is 0 Å². The molecule has 3 saturated carbocycles. The molecule has 4 rings (SSSR count). The smallest absolute Gasteiger partial charge is 0.0701 e. The van der Waals surface area contributed by atoms with Gasteiger partial charge in [-0.2, -0.15) is 0 Å². The van der Waals surface area contributed by atoms with Crippen LogP contribution in [0.2, 0.25) is 0 Å². The quantitative estimate of drug-likeness (QED) is 0.301. The zero-order valence-electron chi connectivity index (χ0n) is 22.3. The van der Waals surface area contributed by atoms with E-state index in [1.807, 2.05) is 13.8 Å². The fourth-order valence-electron chi connectivity index (χ4n) is 8.52. The van der Waals surface area contributed by atoms with E-state index >= 15 is 0 Å². The molecule has 0 aromatic heterocycles. The monoisotopic (exact) mass is 446 g/mol. The standard InChI is InChI=1S/C28H48O2.C2H6/c1-20(2)7-5-6-8-21-10-12-25-24-11-9-22-19-23(30-18-17-29)13-15-28(22,4)26(24)14-16-27(21,25)3;1-2/h9,20-21,23-26,29H,5-8,10-19H2,1-4H3;1-2H3. The molecular formula is C30H54O2. The molecule has 0 aliphatic heterocycles. The number of allylic oxidation sites excluding steroid dienone is 1. The number of hydrogen-bond donors (Lipinski definition) is 1. The third-order valence-electron chi connectivity index (χ3n) is 10.3. The highest BCUT2D eigenvalue weighted by atomic mass is 16.5. The maximum absolute atomic E-state index is 9.12. The van der Waals surface area contributed by atoms with Crippen molar-refractivity contribution in [3.05, 3.63) is 11.6 Å². The van der Waals surface area contributed by atoms with Crippen LogP contribution in [0.3, 0.4) is 0 Å². The minimum atomic E-state index is 0.149. The maximum Gasteiger partial charge on any atom is 0.0701 e. The molecule has 0 bridgehead atoms. The van der Waals surface area contributed by atoms with Gasteiger partial charge in [0.1, 0.15) is 0 Å². The van der Waals surface area contributed by atoms with E-state index in [2.05, 4.69) is 33.8 Å². The highest BCUT2D eigenvalue weighted by molar-refractivity contribution is 5.25. The molecule has 0 amide bonds. The average Bonchev–Trinajstić information content (AvgIpc) is 3.12. The average molecular weight is 447 g/mol. The molecule has 0 spiro atoms. The number of unbranched alkanes of at least 4 members (excludes halogenated alkanes) is 1. The third-order valence-corrected chi connectivity index (χ3v) is 10.3. The lowest BCUT2D eigenvalue weighted by Gasteiger charge is -2.58. The normalized spacial score (nSPS) is 40.6. The lowest BCUT2D eigenvalue weighted by atomic mass is 9.47. The van der Waals surface area contributed by atoms with Gasteiger partial charge in [-0.05, 0) is 98.2 Å². The Bertz CT molecular complexity index is 610. The maximum atomic E-state index is 9.12. The van der Waals surface area contributed by atoms with Gasteiger partial charge < -0.3 is 9.84 Å². The Balaban J connectivity index is 0.00000141. The zero-order valence-corrected chi connectivity index (χ0v) is 22.3. The minimum absolute atomic E-state index is 0.149. The predicted molar refractivity (Wildman–Crippen MR) is 137 cm³/mol. The lowest BCUT2D eigenvalue weighted by molar-refractivity contribution is -0.0610. The number of aliphatic hydroxyl groups excluding tert-OH is 1. The van der Waals surface area contributed by atoms with Crippen LogP contribution in [-0.2, 0) is 4.74 Å². The Morgan fingerprint density at radius 2 is 1.81 bits per heavy atom. The first-order chi connectivity index (χ1) is 15.4. The molecule has 0 saturated heterocycles. The van der Waals surface area contributed by atoms with E-state index in [0.717, 1.165) is 36.0 Å². The van der Waals surface area contributed by atoms with Crippen molar-refractivity contribution < 1.29 is 9.84 Å². The first-order valence-electron chi connectivity index (χ1n) is 14.3. The highest BCUT2D eigenvalue weighted by Crippen LogP contribution is 2.66. The SMILES string of the molecule is CC.CC(C)CCCCC1CCC2C3CC=C4CC(OCCO)CCC4(C)C3CCC12C. The number of aliphatic hydroxyl groups is 1. The second kappa shape index (κ2) is 11.4. The Morgan fingerprint density at radius 1 is 1.03 bits per heavy atom. The second-order valence-corrected chi connectivity index (χ2v) is 12.2. The zero-order chi connectivity index (χ0) is 23.4. The van der Waals surface area contributed by atoms with Crippen molar-refractivity contribution in [2.45, 2.75) is 125 Å². The number of rotatable bonds is 8. The van der Waals surface area contributed by atoms with Gasteiger partial charge >= 0.3 is 0 Å². The molecule has 4 aliphatic rings. The molecule has 2 nitrogen and oxygen atoms in total. The topological polar surface area (TPSA) is 29.5 Å². The van der Waals surface area contributed by atoms with Crippen LogP contribution in [0, 0.1) is 40.4 Å². The molecule has 0 heterocycles. The van der Waals surface area contributed by atoms with E-state index in [9.17, 15) is 0 Å². The summed E-state index contributed by atoms with van der Waals surface area (Å²) in [6.45, 7) is 14.7. The van der Waals surface area contributed by atoms with Crippen molar-refractivity contribution in [1.82, 2.24) is 0 Å².